The predicted molar refractivity (Wildman–Crippen MR) is 81.8 cm³/mol. The zero-order chi connectivity index (χ0) is 15.5. The molecule has 106 valence electrons. The van der Waals surface area contributed by atoms with Gasteiger partial charge in [0.05, 0.1) is 11.6 Å². The fourth-order valence-electron chi connectivity index (χ4n) is 2.36. The number of benzene rings is 1. The van der Waals surface area contributed by atoms with Gasteiger partial charge in [0.1, 0.15) is 18.7 Å². The summed E-state index contributed by atoms with van der Waals surface area (Å²) < 4.78 is 7.07. The molecular weight excluding hydrogens is 276 g/mol. The molecule has 0 spiro atoms. The number of aromatic nitrogens is 1. The van der Waals surface area contributed by atoms with Crippen molar-refractivity contribution in [2.24, 2.45) is 7.05 Å². The summed E-state index contributed by atoms with van der Waals surface area (Å²) in [6.45, 7) is 0. The molecule has 0 aliphatic carbocycles. The molecule has 0 aliphatic rings. The number of carbonyl (C=O) groups excluding carboxylic acids is 1. The minimum atomic E-state index is -0.412. The van der Waals surface area contributed by atoms with Crippen molar-refractivity contribution in [1.29, 1.82) is 5.26 Å². The number of carbonyl (C=O) groups is 1. The number of rotatable bonds is 3. The summed E-state index contributed by atoms with van der Waals surface area (Å²) in [6.07, 6.45) is 4.92. The summed E-state index contributed by atoms with van der Waals surface area (Å²) in [4.78, 5) is 12.3. The molecule has 2 heterocycles. The number of nitrogens with zero attached hydrogens (tertiary/aromatic N) is 2. The van der Waals surface area contributed by atoms with Crippen LogP contribution in [0.25, 0.3) is 17.0 Å². The average Bonchev–Trinajstić information content (AvgIpc) is 3.08. The Kier molecular flexibility index (Phi) is 3.55. The number of para-hydroxylation sites is 1. The van der Waals surface area contributed by atoms with E-state index in [9.17, 15) is 10.1 Å². The number of allylic oxidation sites excluding steroid dienone is 1. The SMILES string of the molecule is C[n+]1ccc(C=C(C#N)C(=O)c2ccco2)c2ccccc21. The van der Waals surface area contributed by atoms with E-state index in [4.69, 9.17) is 4.42 Å². The Bertz CT molecular complexity index is 916. The molecule has 0 saturated carbocycles. The van der Waals surface area contributed by atoms with E-state index in [0.717, 1.165) is 16.5 Å². The fraction of sp³-hybridized carbons (Fsp3) is 0.0556. The van der Waals surface area contributed by atoms with Gasteiger partial charge in [-0.3, -0.25) is 4.79 Å². The maximum Gasteiger partial charge on any atom is 0.238 e. The number of pyridine rings is 1. The number of hydrogen-bond acceptors (Lipinski definition) is 3. The lowest BCUT2D eigenvalue weighted by Crippen LogP contribution is -2.28. The molecule has 3 rings (SSSR count). The summed E-state index contributed by atoms with van der Waals surface area (Å²) in [7, 11) is 1.95. The lowest BCUT2D eigenvalue weighted by molar-refractivity contribution is -0.644. The van der Waals surface area contributed by atoms with Crippen LogP contribution in [-0.4, -0.2) is 5.78 Å². The standard InChI is InChI=1S/C18H13N2O2/c1-20-9-8-13(15-5-2-3-6-16(15)20)11-14(12-19)18(21)17-7-4-10-22-17/h2-11H,1H3/q+1. The highest BCUT2D eigenvalue weighted by atomic mass is 16.3. The van der Waals surface area contributed by atoms with Gasteiger partial charge in [-0.15, -0.1) is 0 Å². The van der Waals surface area contributed by atoms with E-state index in [2.05, 4.69) is 0 Å². The summed E-state index contributed by atoms with van der Waals surface area (Å²) in [5.74, 6) is -0.247. The number of hydrogen-bond donors (Lipinski definition) is 0. The average molecular weight is 289 g/mol. The van der Waals surface area contributed by atoms with Gasteiger partial charge < -0.3 is 4.42 Å². The van der Waals surface area contributed by atoms with Crippen molar-refractivity contribution in [2.45, 2.75) is 0 Å². The first kappa shape index (κ1) is 13.8. The number of fused-ring (bicyclic) bond motifs is 1. The van der Waals surface area contributed by atoms with E-state index in [1.54, 1.807) is 18.2 Å². The van der Waals surface area contributed by atoms with E-state index < -0.39 is 5.78 Å². The van der Waals surface area contributed by atoms with Crippen LogP contribution in [0.5, 0.6) is 0 Å². The third-order valence-electron chi connectivity index (χ3n) is 3.48. The molecule has 0 bridgehead atoms. The monoisotopic (exact) mass is 289 g/mol. The Morgan fingerprint density at radius 1 is 1.23 bits per heavy atom. The second kappa shape index (κ2) is 5.66. The molecule has 4 nitrogen and oxygen atoms in total. The first-order valence-corrected chi connectivity index (χ1v) is 6.78. The third-order valence-corrected chi connectivity index (χ3v) is 3.48. The van der Waals surface area contributed by atoms with Gasteiger partial charge in [-0.2, -0.15) is 5.26 Å². The van der Waals surface area contributed by atoms with Gasteiger partial charge in [0.15, 0.2) is 12.0 Å². The maximum absolute atomic E-state index is 12.3. The molecule has 0 fully saturated rings. The molecule has 0 unspecified atom stereocenters. The smallest absolute Gasteiger partial charge is 0.238 e. The molecule has 0 radical (unpaired) electrons. The van der Waals surface area contributed by atoms with Gasteiger partial charge in [-0.1, -0.05) is 12.1 Å². The minimum absolute atomic E-state index is 0.0500. The summed E-state index contributed by atoms with van der Waals surface area (Å²) in [5.41, 5.74) is 1.90. The third kappa shape index (κ3) is 2.40. The van der Waals surface area contributed by atoms with Gasteiger partial charge in [-0.05, 0) is 29.8 Å². The number of nitriles is 1. The van der Waals surface area contributed by atoms with Crippen LogP contribution in [0.4, 0.5) is 0 Å². The van der Waals surface area contributed by atoms with Crippen LogP contribution in [0, 0.1) is 11.3 Å². The minimum Gasteiger partial charge on any atom is -0.461 e. The van der Waals surface area contributed by atoms with E-state index in [1.165, 1.54) is 6.26 Å². The van der Waals surface area contributed by atoms with E-state index in [1.807, 2.05) is 54.2 Å². The molecule has 1 aromatic carbocycles. The van der Waals surface area contributed by atoms with E-state index in [-0.39, 0.29) is 11.3 Å². The maximum atomic E-state index is 12.3. The Hall–Kier alpha value is -3.19. The highest BCUT2D eigenvalue weighted by Gasteiger charge is 2.16. The van der Waals surface area contributed by atoms with Crippen LogP contribution in [0.1, 0.15) is 16.1 Å². The molecule has 3 aromatic rings. The lowest BCUT2D eigenvalue weighted by Gasteiger charge is -2.01. The number of ketones is 1. The highest BCUT2D eigenvalue weighted by Crippen LogP contribution is 2.19. The summed E-state index contributed by atoms with van der Waals surface area (Å²) in [5, 5.41) is 10.3. The quantitative estimate of drug-likeness (QED) is 0.322. The van der Waals surface area contributed by atoms with Crippen molar-refractivity contribution in [3.63, 3.8) is 0 Å². The molecule has 0 saturated heterocycles. The second-order valence-corrected chi connectivity index (χ2v) is 4.88. The van der Waals surface area contributed by atoms with Gasteiger partial charge in [0.2, 0.25) is 11.3 Å². The Morgan fingerprint density at radius 2 is 2.05 bits per heavy atom. The number of aryl methyl sites for hydroxylation is 1. The summed E-state index contributed by atoms with van der Waals surface area (Å²) in [6, 6.07) is 14.9. The Balaban J connectivity index is 2.13. The highest BCUT2D eigenvalue weighted by molar-refractivity contribution is 6.13. The first-order chi connectivity index (χ1) is 10.7. The van der Waals surface area contributed by atoms with Crippen LogP contribution in [-0.2, 0) is 7.05 Å². The van der Waals surface area contributed by atoms with Crippen LogP contribution in [0.2, 0.25) is 0 Å². The molecule has 0 amide bonds. The first-order valence-electron chi connectivity index (χ1n) is 6.78. The van der Waals surface area contributed by atoms with Crippen molar-refractivity contribution in [1.82, 2.24) is 0 Å². The van der Waals surface area contributed by atoms with Crippen molar-refractivity contribution in [3.05, 3.63) is 71.8 Å². The zero-order valence-electron chi connectivity index (χ0n) is 12.0. The predicted octanol–water partition coefficient (Wildman–Crippen LogP) is 3.05. The van der Waals surface area contributed by atoms with E-state index in [0.29, 0.717) is 0 Å². The van der Waals surface area contributed by atoms with Gasteiger partial charge in [0, 0.05) is 12.1 Å². The van der Waals surface area contributed by atoms with Crippen LogP contribution in [0.15, 0.2) is 64.9 Å². The zero-order valence-corrected chi connectivity index (χ0v) is 12.0. The molecular formula is C18H13N2O2+. The molecule has 0 N–H and O–H groups in total. The second-order valence-electron chi connectivity index (χ2n) is 4.88. The van der Waals surface area contributed by atoms with Crippen molar-refractivity contribution in [3.8, 4) is 6.07 Å². The van der Waals surface area contributed by atoms with Crippen LogP contribution >= 0.6 is 0 Å². The van der Waals surface area contributed by atoms with E-state index >= 15 is 0 Å². The van der Waals surface area contributed by atoms with Crippen molar-refractivity contribution < 1.29 is 13.8 Å². The molecule has 22 heavy (non-hydrogen) atoms. The van der Waals surface area contributed by atoms with Gasteiger partial charge in [-0.25, -0.2) is 4.57 Å². The topological polar surface area (TPSA) is 57.9 Å². The Morgan fingerprint density at radius 3 is 2.77 bits per heavy atom. The number of furan rings is 1. The normalized spacial score (nSPS) is 11.4. The van der Waals surface area contributed by atoms with Crippen molar-refractivity contribution >= 4 is 22.8 Å². The van der Waals surface area contributed by atoms with Crippen molar-refractivity contribution in [2.75, 3.05) is 0 Å². The molecule has 0 aliphatic heterocycles. The molecule has 4 heteroatoms. The van der Waals surface area contributed by atoms with Crippen LogP contribution < -0.4 is 4.57 Å². The molecule has 0 atom stereocenters. The number of Topliss-reactive ketones (excluding diaryl/α,β-unsaturated/α-hetero) is 1. The Labute approximate surface area is 127 Å². The summed E-state index contributed by atoms with van der Waals surface area (Å²) >= 11 is 0. The largest absolute Gasteiger partial charge is 0.461 e. The fourth-order valence-corrected chi connectivity index (χ4v) is 2.36. The van der Waals surface area contributed by atoms with Crippen LogP contribution in [0.3, 0.4) is 0 Å². The lowest BCUT2D eigenvalue weighted by atomic mass is 10.0. The van der Waals surface area contributed by atoms with Gasteiger partial charge >= 0.3 is 0 Å². The molecule has 2 aromatic heterocycles. The van der Waals surface area contributed by atoms with Gasteiger partial charge in [0.25, 0.3) is 0 Å².